The lowest BCUT2D eigenvalue weighted by Crippen LogP contribution is -2.53. The zero-order chi connectivity index (χ0) is 23.8. The molecule has 3 heterocycles. The van der Waals surface area contributed by atoms with Gasteiger partial charge in [0.05, 0.1) is 18.2 Å². The van der Waals surface area contributed by atoms with Crippen LogP contribution in [0.5, 0.6) is 0 Å². The van der Waals surface area contributed by atoms with E-state index in [9.17, 15) is 10.4 Å². The minimum absolute atomic E-state index is 0.134. The lowest BCUT2D eigenvalue weighted by Gasteiger charge is -2.41. The number of amidine groups is 1. The van der Waals surface area contributed by atoms with Gasteiger partial charge in [-0.05, 0) is 44.9 Å². The standard InChI is InChI=1S/C23H32N8OS/c1-14-12-30(3)9-10-31(14)22-27-8-6-16(28-22)20(25)29-18(13-32)23(2)7-4-5-17-19(23)15(11-24)21(26)33-17/h6,8,14,18,32H,4-5,7,9-10,12-13,26H2,1-3H3,(H2,25,29)/t14-,18?,23+/m0/s1. The smallest absolute Gasteiger partial charge is 0.226 e. The second-order valence-corrected chi connectivity index (χ2v) is 10.5. The number of fused-ring (bicyclic) bond motifs is 1. The third kappa shape index (κ3) is 4.28. The van der Waals surface area contributed by atoms with Gasteiger partial charge in [-0.2, -0.15) is 5.26 Å². The van der Waals surface area contributed by atoms with Crippen molar-refractivity contribution in [1.82, 2.24) is 20.2 Å². The van der Waals surface area contributed by atoms with Crippen molar-refractivity contribution in [3.8, 4) is 6.07 Å². The van der Waals surface area contributed by atoms with Crippen LogP contribution >= 0.6 is 11.3 Å². The second-order valence-electron chi connectivity index (χ2n) is 9.32. The molecule has 0 radical (unpaired) electrons. The summed E-state index contributed by atoms with van der Waals surface area (Å²) in [6.07, 6.45) is 4.30. The first-order valence-corrected chi connectivity index (χ1v) is 12.2. The SMILES string of the molecule is C[C@H]1CN(C)CCN1c1nccc(C(=N)NC(CO)[C@@]2(C)CCCc3sc(N)c(C#N)c32)n1. The Kier molecular flexibility index (Phi) is 6.56. The van der Waals surface area contributed by atoms with Crippen LogP contribution in [0.2, 0.25) is 0 Å². The van der Waals surface area contributed by atoms with E-state index in [4.69, 9.17) is 11.1 Å². The molecule has 1 aliphatic carbocycles. The van der Waals surface area contributed by atoms with E-state index in [-0.39, 0.29) is 18.5 Å². The summed E-state index contributed by atoms with van der Waals surface area (Å²) in [5.74, 6) is 0.748. The van der Waals surface area contributed by atoms with Crippen molar-refractivity contribution in [1.29, 1.82) is 10.7 Å². The minimum Gasteiger partial charge on any atom is -0.394 e. The third-order valence-electron chi connectivity index (χ3n) is 7.05. The Hall–Kier alpha value is -2.74. The number of thiophene rings is 1. The lowest BCUT2D eigenvalue weighted by atomic mass is 9.68. The quantitative estimate of drug-likeness (QED) is 0.384. The predicted octanol–water partition coefficient (Wildman–Crippen LogP) is 1.70. The molecular formula is C23H32N8OS. The number of nitrogen functional groups attached to an aromatic ring is 1. The molecule has 1 unspecified atom stereocenters. The number of rotatable bonds is 5. The molecule has 3 atom stereocenters. The van der Waals surface area contributed by atoms with Gasteiger partial charge in [-0.1, -0.05) is 6.92 Å². The van der Waals surface area contributed by atoms with Gasteiger partial charge in [-0.15, -0.1) is 11.3 Å². The normalized spacial score (nSPS) is 24.1. The zero-order valence-corrected chi connectivity index (χ0v) is 20.2. The Morgan fingerprint density at radius 1 is 1.52 bits per heavy atom. The predicted molar refractivity (Wildman–Crippen MR) is 131 cm³/mol. The van der Waals surface area contributed by atoms with Gasteiger partial charge in [-0.25, -0.2) is 9.97 Å². The van der Waals surface area contributed by atoms with Crippen molar-refractivity contribution >= 4 is 28.1 Å². The summed E-state index contributed by atoms with van der Waals surface area (Å²) in [5.41, 5.74) is 7.54. The molecule has 0 bridgehead atoms. The number of aryl methyl sites for hydroxylation is 1. The first-order chi connectivity index (χ1) is 15.8. The van der Waals surface area contributed by atoms with Crippen LogP contribution in [0.15, 0.2) is 12.3 Å². The maximum atomic E-state index is 10.3. The summed E-state index contributed by atoms with van der Waals surface area (Å²) >= 11 is 1.47. The molecule has 33 heavy (non-hydrogen) atoms. The van der Waals surface area contributed by atoms with Crippen molar-refractivity contribution in [3.63, 3.8) is 0 Å². The molecule has 1 saturated heterocycles. The monoisotopic (exact) mass is 468 g/mol. The van der Waals surface area contributed by atoms with E-state index in [1.165, 1.54) is 11.3 Å². The number of nitriles is 1. The summed E-state index contributed by atoms with van der Waals surface area (Å²) in [5, 5.41) is 32.5. The van der Waals surface area contributed by atoms with E-state index >= 15 is 0 Å². The van der Waals surface area contributed by atoms with Crippen molar-refractivity contribution < 1.29 is 5.11 Å². The molecule has 0 spiro atoms. The highest BCUT2D eigenvalue weighted by atomic mass is 32.1. The first kappa shape index (κ1) is 23.4. The van der Waals surface area contributed by atoms with E-state index in [2.05, 4.69) is 52.0 Å². The van der Waals surface area contributed by atoms with Gasteiger partial charge in [0, 0.05) is 42.2 Å². The van der Waals surface area contributed by atoms with Crippen LogP contribution in [-0.4, -0.2) is 71.2 Å². The Labute approximate surface area is 198 Å². The van der Waals surface area contributed by atoms with E-state index in [1.807, 2.05) is 0 Å². The number of anilines is 2. The van der Waals surface area contributed by atoms with Crippen molar-refractivity contribution in [2.45, 2.75) is 50.6 Å². The number of aliphatic hydroxyl groups is 1. The molecule has 4 rings (SSSR count). The number of hydrogen-bond donors (Lipinski definition) is 4. The van der Waals surface area contributed by atoms with Crippen molar-refractivity contribution in [3.05, 3.63) is 34.0 Å². The summed E-state index contributed by atoms with van der Waals surface area (Å²) in [6.45, 7) is 6.73. The lowest BCUT2D eigenvalue weighted by molar-refractivity contribution is 0.184. The molecule has 1 aliphatic heterocycles. The Morgan fingerprint density at radius 3 is 3.00 bits per heavy atom. The minimum atomic E-state index is -0.518. The van der Waals surface area contributed by atoms with Gasteiger partial charge in [0.15, 0.2) is 0 Å². The molecular weight excluding hydrogens is 436 g/mol. The zero-order valence-electron chi connectivity index (χ0n) is 19.4. The van der Waals surface area contributed by atoms with Gasteiger partial charge in [0.25, 0.3) is 0 Å². The average molecular weight is 469 g/mol. The fourth-order valence-corrected chi connectivity index (χ4v) is 6.39. The highest BCUT2D eigenvalue weighted by Gasteiger charge is 2.43. The van der Waals surface area contributed by atoms with E-state index in [0.29, 0.717) is 22.2 Å². The Morgan fingerprint density at radius 2 is 2.30 bits per heavy atom. The van der Waals surface area contributed by atoms with Gasteiger partial charge in [0.1, 0.15) is 22.6 Å². The fourth-order valence-electron chi connectivity index (χ4n) is 5.20. The van der Waals surface area contributed by atoms with Crippen LogP contribution in [0.4, 0.5) is 10.9 Å². The number of aliphatic hydroxyl groups excluding tert-OH is 1. The molecule has 0 aromatic carbocycles. The molecule has 5 N–H and O–H groups in total. The number of nitrogens with zero attached hydrogens (tertiary/aromatic N) is 5. The number of piperazine rings is 1. The maximum Gasteiger partial charge on any atom is 0.226 e. The van der Waals surface area contributed by atoms with Crippen molar-refractivity contribution in [2.24, 2.45) is 0 Å². The Bertz CT molecular complexity index is 1080. The van der Waals surface area contributed by atoms with Crippen LogP contribution in [0.1, 0.15) is 48.4 Å². The summed E-state index contributed by atoms with van der Waals surface area (Å²) in [4.78, 5) is 14.7. The van der Waals surface area contributed by atoms with E-state index in [1.54, 1.807) is 12.3 Å². The van der Waals surface area contributed by atoms with Gasteiger partial charge in [0.2, 0.25) is 5.95 Å². The van der Waals surface area contributed by atoms with Crippen LogP contribution in [0.3, 0.4) is 0 Å². The number of nitrogens with two attached hydrogens (primary N) is 1. The van der Waals surface area contributed by atoms with E-state index < -0.39 is 11.5 Å². The van der Waals surface area contributed by atoms with Gasteiger partial charge in [-0.3, -0.25) is 5.41 Å². The van der Waals surface area contributed by atoms with Crippen LogP contribution < -0.4 is 16.0 Å². The fraction of sp³-hybridized carbons (Fsp3) is 0.565. The van der Waals surface area contributed by atoms with Crippen LogP contribution in [0, 0.1) is 16.7 Å². The molecule has 0 amide bonds. The highest BCUT2D eigenvalue weighted by Crippen LogP contribution is 2.47. The number of likely N-dealkylation sites (N-methyl/N-ethyl adjacent to an activating group) is 1. The number of aromatic nitrogens is 2. The summed E-state index contributed by atoms with van der Waals surface area (Å²) in [7, 11) is 2.11. The highest BCUT2D eigenvalue weighted by molar-refractivity contribution is 7.16. The van der Waals surface area contributed by atoms with E-state index in [0.717, 1.165) is 49.3 Å². The number of hydrogen-bond acceptors (Lipinski definition) is 9. The average Bonchev–Trinajstić information content (AvgIpc) is 3.13. The molecule has 0 saturated carbocycles. The molecule has 176 valence electrons. The second kappa shape index (κ2) is 9.25. The summed E-state index contributed by atoms with van der Waals surface area (Å²) in [6, 6.07) is 3.81. The maximum absolute atomic E-state index is 10.3. The molecule has 10 heteroatoms. The molecule has 2 aromatic heterocycles. The molecule has 2 aliphatic rings. The first-order valence-electron chi connectivity index (χ1n) is 11.3. The third-order valence-corrected chi connectivity index (χ3v) is 8.13. The molecule has 9 nitrogen and oxygen atoms in total. The largest absolute Gasteiger partial charge is 0.394 e. The van der Waals surface area contributed by atoms with Crippen molar-refractivity contribution in [2.75, 3.05) is 43.9 Å². The Balaban J connectivity index is 1.58. The summed E-state index contributed by atoms with van der Waals surface area (Å²) < 4.78 is 0. The molecule has 1 fully saturated rings. The topological polar surface area (TPSA) is 138 Å². The van der Waals surface area contributed by atoms with Crippen LogP contribution in [-0.2, 0) is 11.8 Å². The van der Waals surface area contributed by atoms with Crippen LogP contribution in [0.25, 0.3) is 0 Å². The van der Waals surface area contributed by atoms with Gasteiger partial charge >= 0.3 is 0 Å². The number of nitrogens with one attached hydrogen (secondary N) is 2. The van der Waals surface area contributed by atoms with Gasteiger partial charge < -0.3 is 26.0 Å². The molecule has 2 aromatic rings.